The van der Waals surface area contributed by atoms with Crippen molar-refractivity contribution in [1.29, 1.82) is 0 Å². The molecule has 18 heavy (non-hydrogen) atoms. The molecule has 3 heteroatoms. The normalized spacial score (nSPS) is 20.1. The van der Waals surface area contributed by atoms with Gasteiger partial charge in [-0.1, -0.05) is 33.6 Å². The number of carbonyl (C=O) groups excluding carboxylic acids is 1. The first kappa shape index (κ1) is 15.5. The molecule has 1 saturated carbocycles. The van der Waals surface area contributed by atoms with Crippen molar-refractivity contribution in [2.24, 2.45) is 17.1 Å². The molecule has 1 unspecified atom stereocenters. The molecule has 0 radical (unpaired) electrons. The summed E-state index contributed by atoms with van der Waals surface area (Å²) in [5.41, 5.74) is 5.80. The fraction of sp³-hybridized carbons (Fsp3) is 0.933. The van der Waals surface area contributed by atoms with Gasteiger partial charge in [0, 0.05) is 18.0 Å². The molecule has 3 N–H and O–H groups in total. The van der Waals surface area contributed by atoms with Crippen molar-refractivity contribution in [3.05, 3.63) is 0 Å². The largest absolute Gasteiger partial charge is 0.356 e. The van der Waals surface area contributed by atoms with Gasteiger partial charge in [0.15, 0.2) is 0 Å². The summed E-state index contributed by atoms with van der Waals surface area (Å²) in [6.45, 7) is 7.23. The average molecular weight is 254 g/mol. The maximum atomic E-state index is 12.4. The summed E-state index contributed by atoms with van der Waals surface area (Å²) in [5, 5.41) is 3.12. The molecule has 0 aromatic heterocycles. The van der Waals surface area contributed by atoms with Crippen LogP contribution < -0.4 is 11.1 Å². The summed E-state index contributed by atoms with van der Waals surface area (Å²) in [5.74, 6) is 0.865. The zero-order chi connectivity index (χ0) is 13.6. The lowest BCUT2D eigenvalue weighted by atomic mass is 9.77. The highest BCUT2D eigenvalue weighted by Crippen LogP contribution is 2.43. The van der Waals surface area contributed by atoms with Crippen LogP contribution >= 0.6 is 0 Å². The van der Waals surface area contributed by atoms with Crippen molar-refractivity contribution in [3.8, 4) is 0 Å². The highest BCUT2D eigenvalue weighted by Gasteiger charge is 2.40. The Balaban J connectivity index is 2.45. The SMILES string of the molecule is CCC(N)CCNC(=O)C1(CC(C)C)CCCC1. The minimum atomic E-state index is -0.0789. The number of hydrogen-bond acceptors (Lipinski definition) is 2. The monoisotopic (exact) mass is 254 g/mol. The van der Waals surface area contributed by atoms with Gasteiger partial charge in [0.25, 0.3) is 0 Å². The fourth-order valence-electron chi connectivity index (χ4n) is 3.12. The van der Waals surface area contributed by atoms with E-state index in [2.05, 4.69) is 26.1 Å². The molecule has 3 nitrogen and oxygen atoms in total. The minimum Gasteiger partial charge on any atom is -0.356 e. The smallest absolute Gasteiger partial charge is 0.226 e. The summed E-state index contributed by atoms with van der Waals surface area (Å²) >= 11 is 0. The topological polar surface area (TPSA) is 55.1 Å². The highest BCUT2D eigenvalue weighted by atomic mass is 16.2. The first-order valence-electron chi connectivity index (χ1n) is 7.54. The summed E-state index contributed by atoms with van der Waals surface area (Å²) in [7, 11) is 0. The number of carbonyl (C=O) groups is 1. The van der Waals surface area contributed by atoms with E-state index in [1.165, 1.54) is 12.8 Å². The molecule has 0 heterocycles. The Bertz CT molecular complexity index is 257. The molecule has 1 atom stereocenters. The molecule has 0 aliphatic heterocycles. The zero-order valence-corrected chi connectivity index (χ0v) is 12.3. The van der Waals surface area contributed by atoms with Crippen LogP contribution in [0.25, 0.3) is 0 Å². The highest BCUT2D eigenvalue weighted by molar-refractivity contribution is 5.82. The van der Waals surface area contributed by atoms with Gasteiger partial charge in [0.2, 0.25) is 5.91 Å². The van der Waals surface area contributed by atoms with E-state index in [-0.39, 0.29) is 17.4 Å². The molecule has 106 valence electrons. The number of amides is 1. The predicted octanol–water partition coefficient (Wildman–Crippen LogP) is 2.84. The second-order valence-corrected chi connectivity index (χ2v) is 6.30. The molecule has 1 amide bonds. The van der Waals surface area contributed by atoms with Gasteiger partial charge in [0.05, 0.1) is 0 Å². The van der Waals surface area contributed by atoms with Gasteiger partial charge in [0.1, 0.15) is 0 Å². The predicted molar refractivity (Wildman–Crippen MR) is 76.2 cm³/mol. The molecule has 0 aromatic rings. The molecule has 0 aromatic carbocycles. The van der Waals surface area contributed by atoms with E-state index in [9.17, 15) is 4.79 Å². The van der Waals surface area contributed by atoms with Gasteiger partial charge in [-0.25, -0.2) is 0 Å². The van der Waals surface area contributed by atoms with Crippen LogP contribution in [0.3, 0.4) is 0 Å². The van der Waals surface area contributed by atoms with Crippen molar-refractivity contribution in [1.82, 2.24) is 5.32 Å². The van der Waals surface area contributed by atoms with E-state index in [1.807, 2.05) is 0 Å². The van der Waals surface area contributed by atoms with Crippen LogP contribution in [0.2, 0.25) is 0 Å². The standard InChI is InChI=1S/C15H30N2O/c1-4-13(16)7-10-17-14(18)15(11-12(2)3)8-5-6-9-15/h12-13H,4-11,16H2,1-3H3,(H,17,18). The Hall–Kier alpha value is -0.570. The van der Waals surface area contributed by atoms with E-state index < -0.39 is 0 Å². The Kier molecular flexibility index (Phi) is 6.13. The maximum Gasteiger partial charge on any atom is 0.226 e. The van der Waals surface area contributed by atoms with Crippen molar-refractivity contribution in [2.75, 3.05) is 6.54 Å². The van der Waals surface area contributed by atoms with Crippen LogP contribution in [0.5, 0.6) is 0 Å². The summed E-state index contributed by atoms with van der Waals surface area (Å²) in [6.07, 6.45) is 7.43. The van der Waals surface area contributed by atoms with E-state index in [4.69, 9.17) is 5.73 Å². The lowest BCUT2D eigenvalue weighted by molar-refractivity contribution is -0.131. The zero-order valence-electron chi connectivity index (χ0n) is 12.3. The van der Waals surface area contributed by atoms with Crippen molar-refractivity contribution in [3.63, 3.8) is 0 Å². The molecule has 1 aliphatic carbocycles. The molecule has 1 rings (SSSR count). The van der Waals surface area contributed by atoms with Crippen LogP contribution in [-0.2, 0) is 4.79 Å². The molecule has 0 bridgehead atoms. The summed E-state index contributed by atoms with van der Waals surface area (Å²) in [4.78, 5) is 12.4. The minimum absolute atomic E-state index is 0.0789. The lowest BCUT2D eigenvalue weighted by Gasteiger charge is -2.29. The van der Waals surface area contributed by atoms with Crippen LogP contribution in [0, 0.1) is 11.3 Å². The first-order valence-corrected chi connectivity index (χ1v) is 7.54. The molecule has 1 aliphatic rings. The van der Waals surface area contributed by atoms with Gasteiger partial charge in [-0.05, 0) is 38.0 Å². The Morgan fingerprint density at radius 1 is 1.33 bits per heavy atom. The van der Waals surface area contributed by atoms with Crippen LogP contribution in [0.4, 0.5) is 0 Å². The van der Waals surface area contributed by atoms with Crippen LogP contribution in [0.15, 0.2) is 0 Å². The van der Waals surface area contributed by atoms with Gasteiger partial charge in [-0.15, -0.1) is 0 Å². The van der Waals surface area contributed by atoms with E-state index in [0.29, 0.717) is 5.92 Å². The molecule has 0 saturated heterocycles. The quantitative estimate of drug-likeness (QED) is 0.734. The number of hydrogen-bond donors (Lipinski definition) is 2. The van der Waals surface area contributed by atoms with Crippen molar-refractivity contribution < 1.29 is 4.79 Å². The third kappa shape index (κ3) is 4.27. The van der Waals surface area contributed by atoms with Gasteiger partial charge >= 0.3 is 0 Å². The Labute approximate surface area is 112 Å². The molecule has 0 spiro atoms. The Morgan fingerprint density at radius 3 is 2.44 bits per heavy atom. The third-order valence-electron chi connectivity index (χ3n) is 4.17. The first-order chi connectivity index (χ1) is 8.50. The summed E-state index contributed by atoms with van der Waals surface area (Å²) in [6, 6.07) is 0.218. The van der Waals surface area contributed by atoms with E-state index in [0.717, 1.165) is 38.6 Å². The van der Waals surface area contributed by atoms with Crippen molar-refractivity contribution in [2.45, 2.75) is 71.8 Å². The van der Waals surface area contributed by atoms with Crippen LogP contribution in [-0.4, -0.2) is 18.5 Å². The van der Waals surface area contributed by atoms with Gasteiger partial charge in [-0.2, -0.15) is 0 Å². The van der Waals surface area contributed by atoms with E-state index >= 15 is 0 Å². The Morgan fingerprint density at radius 2 is 1.94 bits per heavy atom. The second-order valence-electron chi connectivity index (χ2n) is 6.30. The average Bonchev–Trinajstić information content (AvgIpc) is 2.77. The third-order valence-corrected chi connectivity index (χ3v) is 4.17. The van der Waals surface area contributed by atoms with E-state index in [1.54, 1.807) is 0 Å². The number of rotatable bonds is 7. The van der Waals surface area contributed by atoms with Crippen LogP contribution in [0.1, 0.15) is 65.7 Å². The number of nitrogens with two attached hydrogens (primary N) is 1. The van der Waals surface area contributed by atoms with Gasteiger partial charge < -0.3 is 11.1 Å². The van der Waals surface area contributed by atoms with Gasteiger partial charge in [-0.3, -0.25) is 4.79 Å². The summed E-state index contributed by atoms with van der Waals surface area (Å²) < 4.78 is 0. The molecular formula is C15H30N2O. The number of nitrogens with one attached hydrogen (secondary N) is 1. The molecule has 1 fully saturated rings. The lowest BCUT2D eigenvalue weighted by Crippen LogP contribution is -2.41. The fourth-order valence-corrected chi connectivity index (χ4v) is 3.12. The maximum absolute atomic E-state index is 12.4. The molecular weight excluding hydrogens is 224 g/mol. The van der Waals surface area contributed by atoms with Crippen molar-refractivity contribution >= 4 is 5.91 Å². The second kappa shape index (κ2) is 7.13.